The van der Waals surface area contributed by atoms with Crippen LogP contribution in [0.2, 0.25) is 0 Å². The Morgan fingerprint density at radius 2 is 1.29 bits per heavy atom. The van der Waals surface area contributed by atoms with Gasteiger partial charge in [-0.3, -0.25) is 0 Å². The second-order valence-corrected chi connectivity index (χ2v) is 25.5. The topological polar surface area (TPSA) is 223 Å². The first-order chi connectivity index (χ1) is 15.4. The van der Waals surface area contributed by atoms with Crippen molar-refractivity contribution in [1.29, 1.82) is 0 Å². The van der Waals surface area contributed by atoms with Crippen LogP contribution in [0.1, 0.15) is 0 Å². The number of aliphatic hydroxyl groups excluding tert-OH is 2. The van der Waals surface area contributed by atoms with Gasteiger partial charge in [0.2, 0.25) is 0 Å². The molecule has 1 fully saturated rings. The van der Waals surface area contributed by atoms with Crippen molar-refractivity contribution in [1.82, 2.24) is 0 Å². The van der Waals surface area contributed by atoms with E-state index >= 15 is 0 Å². The van der Waals surface area contributed by atoms with E-state index in [0.717, 1.165) is 6.66 Å². The summed E-state index contributed by atoms with van der Waals surface area (Å²) < 4.78 is 45.2. The average molecular weight is 728 g/mol. The van der Waals surface area contributed by atoms with Gasteiger partial charge in [-0.05, 0) is 23.6 Å². The fourth-order valence-electron chi connectivity index (χ4n) is 2.33. The molecule has 9 unspecified atom stereocenters. The molecule has 0 aliphatic carbocycles. The van der Waals surface area contributed by atoms with Gasteiger partial charge in [-0.25, -0.2) is 13.2 Å². The Labute approximate surface area is 230 Å². The number of hydrogen-bond acceptors (Lipinski definition) is 15. The van der Waals surface area contributed by atoms with E-state index in [2.05, 4.69) is 81.0 Å². The molecule has 0 amide bonds. The predicted molar refractivity (Wildman–Crippen MR) is 148 cm³/mol. The molecule has 0 aromatic heterocycles. The molecule has 0 saturated carbocycles. The summed E-state index contributed by atoms with van der Waals surface area (Å²) in [7, 11) is 0. The number of rotatable bonds is 13. The van der Waals surface area contributed by atoms with Crippen molar-refractivity contribution in [2.45, 2.75) is 23.7 Å². The predicted octanol–water partition coefficient (Wildman–Crippen LogP) is 0.0341. The van der Waals surface area contributed by atoms with Gasteiger partial charge in [-0.1, -0.05) is 12.2 Å². The van der Waals surface area contributed by atoms with Gasteiger partial charge in [0.05, 0.1) is 0 Å². The summed E-state index contributed by atoms with van der Waals surface area (Å²) in [6, 6.07) is 0. The van der Waals surface area contributed by atoms with Crippen LogP contribution in [-0.4, -0.2) is 85.3 Å². The first kappa shape index (κ1) is 34.6. The molecule has 2 aliphatic rings. The zero-order valence-corrected chi connectivity index (χ0v) is 27.0. The third kappa shape index (κ3) is 11.7. The molecule has 1 spiro atoms. The van der Waals surface area contributed by atoms with E-state index in [1.54, 1.807) is 0 Å². The molecule has 7 N–H and O–H groups in total. The van der Waals surface area contributed by atoms with Gasteiger partial charge in [0.15, 0.2) is 6.49 Å². The van der Waals surface area contributed by atoms with E-state index in [0.29, 0.717) is 0 Å². The van der Waals surface area contributed by atoms with Crippen molar-refractivity contribution in [3.05, 3.63) is 0 Å². The Hall–Kier alpha value is 3.40. The summed E-state index contributed by atoms with van der Waals surface area (Å²) in [4.78, 5) is 49.9. The van der Waals surface area contributed by atoms with Crippen LogP contribution < -0.4 is 0 Å². The molecule has 1 saturated heterocycles. The molecule has 9 atom stereocenters. The third-order valence-corrected chi connectivity index (χ3v) is 19.0. The molecule has 0 bridgehead atoms. The van der Waals surface area contributed by atoms with Crippen LogP contribution in [0.5, 0.6) is 0 Å². The monoisotopic (exact) mass is 728 g/mol. The Morgan fingerprint density at radius 1 is 0.857 bits per heavy atom. The van der Waals surface area contributed by atoms with E-state index < -0.39 is 70.5 Å². The molecule has 2 aliphatic heterocycles. The van der Waals surface area contributed by atoms with Gasteiger partial charge in [-0.2, -0.15) is 0 Å². The van der Waals surface area contributed by atoms with Gasteiger partial charge < -0.3 is 9.79 Å². The molecular formula is C6H16B2O15P6S6. The summed E-state index contributed by atoms with van der Waals surface area (Å²) in [5.74, 6) is 0. The first-order valence-electron chi connectivity index (χ1n) is 8.27. The normalized spacial score (nSPS) is 33.1. The Balaban J connectivity index is 1.96. The molecule has 15 nitrogen and oxygen atoms in total. The van der Waals surface area contributed by atoms with Gasteiger partial charge >= 0.3 is 160 Å². The second-order valence-electron chi connectivity index (χ2n) is 6.63. The standard InChI is InChI=1S/C6H16B2O15P6S6/c1-24(11,30)19-26(13,32)21-28(15,34)23-29(16,35)22-27(14,33)20-25(12,31)17-2-3-4(9)5(10)6(18-3)7-8-6/h3-5,9-10H,2H2,1H3,(H,11,30)(H,12,31)(H,13,32)(H,14,33)(H,15,34)(H,16,35). The Kier molecular flexibility index (Phi) is 11.8. The van der Waals surface area contributed by atoms with Crippen LogP contribution in [0, 0.1) is 0 Å². The Morgan fingerprint density at radius 3 is 1.69 bits per heavy atom. The number of hydrogen-bond donors (Lipinski definition) is 8. The third-order valence-electron chi connectivity index (χ3n) is 3.50. The van der Waals surface area contributed by atoms with Crippen LogP contribution in [0.3, 0.4) is 0 Å². The summed E-state index contributed by atoms with van der Waals surface area (Å²) in [6.07, 6.45) is -3.83. The maximum atomic E-state index is 12.1. The molecule has 2 heterocycles. The molecule has 202 valence electrons. The Bertz CT molecular complexity index is 1160. The van der Waals surface area contributed by atoms with Crippen molar-refractivity contribution in [2.75, 3.05) is 13.3 Å². The quantitative estimate of drug-likeness (QED) is 0.0712. The van der Waals surface area contributed by atoms with Crippen LogP contribution in [-0.2, 0) is 94.4 Å². The van der Waals surface area contributed by atoms with Crippen LogP contribution in [0.15, 0.2) is 0 Å². The van der Waals surface area contributed by atoms with E-state index in [1.165, 1.54) is 13.6 Å². The molecule has 35 heavy (non-hydrogen) atoms. The fraction of sp³-hybridized carbons (Fsp3) is 1.00. The first-order valence-corrected chi connectivity index (χ1v) is 24.4. The van der Waals surface area contributed by atoms with Crippen molar-refractivity contribution in [2.24, 2.45) is 0 Å². The number of aliphatic hydroxyl groups is 2. The van der Waals surface area contributed by atoms with Crippen molar-refractivity contribution in [3.63, 3.8) is 0 Å². The summed E-state index contributed by atoms with van der Waals surface area (Å²) in [5, 5.41) is 18.8. The van der Waals surface area contributed by atoms with E-state index in [1.807, 2.05) is 0 Å². The van der Waals surface area contributed by atoms with E-state index in [4.69, 9.17) is 21.1 Å². The molecule has 0 aromatic carbocycles. The zero-order valence-electron chi connectivity index (χ0n) is 16.7. The van der Waals surface area contributed by atoms with Gasteiger partial charge in [0, 0.05) is 6.66 Å². The molecule has 29 heteroatoms. The minimum atomic E-state index is -4.84. The van der Waals surface area contributed by atoms with Gasteiger partial charge in [-0.15, -0.1) is 0 Å². The van der Waals surface area contributed by atoms with Crippen LogP contribution >= 0.6 is 52.4 Å². The van der Waals surface area contributed by atoms with E-state index in [-0.39, 0.29) is 0 Å². The number of thiol groups is 1. The maximum absolute atomic E-state index is 12.1. The second kappa shape index (κ2) is 11.9. The summed E-state index contributed by atoms with van der Waals surface area (Å²) >= 11 is 26.3. The number of ether oxygens (including phenoxy) is 1. The SMILES string of the molecule is CP(O)(=S)OP(=O)(S)OP(O)(=S)OP(O)(=S)OP(O)(=S)OP(O)(=S)OCC1OC2(B=B2)C(O)C1O. The van der Waals surface area contributed by atoms with E-state index in [9.17, 15) is 39.2 Å². The van der Waals surface area contributed by atoms with Crippen molar-refractivity contribution in [3.8, 4) is 0 Å². The van der Waals surface area contributed by atoms with Gasteiger partial charge in [0.1, 0.15) is 0 Å². The fourth-order valence-corrected chi connectivity index (χ4v) is 20.9. The van der Waals surface area contributed by atoms with Crippen LogP contribution in [0.4, 0.5) is 0 Å². The van der Waals surface area contributed by atoms with Gasteiger partial charge in [0.25, 0.3) is 0 Å². The molecular weight excluding hydrogens is 712 g/mol. The van der Waals surface area contributed by atoms with Crippen molar-refractivity contribution >= 4 is 125 Å². The van der Waals surface area contributed by atoms with Crippen LogP contribution in [0.25, 0.3) is 0 Å². The average Bonchev–Trinajstić information content (AvgIpc) is 3.26. The molecule has 0 radical (unpaired) electrons. The summed E-state index contributed by atoms with van der Waals surface area (Å²) in [5.41, 5.74) is 0. The molecule has 0 aromatic rings. The summed E-state index contributed by atoms with van der Waals surface area (Å²) in [6.45, 7) is -23.7. The van der Waals surface area contributed by atoms with Crippen molar-refractivity contribution < 1.29 is 70.1 Å². The molecule has 2 rings (SSSR count). The minimum absolute atomic E-state index is 0.605. The zero-order chi connectivity index (χ0) is 27.3.